The fourth-order valence-electron chi connectivity index (χ4n) is 1.54. The zero-order valence-electron chi connectivity index (χ0n) is 9.78. The Kier molecular flexibility index (Phi) is 7.08. The zero-order chi connectivity index (χ0) is 11.3. The molecule has 0 spiro atoms. The first-order chi connectivity index (χ1) is 7.11. The molecule has 1 heterocycles. The Bertz CT molecular complexity index is 240. The largest absolute Gasteiger partial charge is 0.347 e. The van der Waals surface area contributed by atoms with Gasteiger partial charge in [-0.2, -0.15) is 0 Å². The molecule has 0 bridgehead atoms. The maximum atomic E-state index is 11.6. The molecule has 1 aliphatic heterocycles. The average Bonchev–Trinajstić information content (AvgIpc) is 2.26. The van der Waals surface area contributed by atoms with Crippen LogP contribution in [0.3, 0.4) is 0 Å². The van der Waals surface area contributed by atoms with Crippen LogP contribution in [0, 0.1) is 5.92 Å². The van der Waals surface area contributed by atoms with Crippen LogP contribution in [-0.2, 0) is 9.59 Å². The summed E-state index contributed by atoms with van der Waals surface area (Å²) in [6.07, 6.45) is 1.94. The molecule has 0 saturated carbocycles. The molecule has 94 valence electrons. The highest BCUT2D eigenvalue weighted by Gasteiger charge is 2.21. The maximum Gasteiger partial charge on any atom is 0.241 e. The van der Waals surface area contributed by atoms with E-state index in [-0.39, 0.29) is 36.7 Å². The van der Waals surface area contributed by atoms with Gasteiger partial charge in [0.1, 0.15) is 0 Å². The summed E-state index contributed by atoms with van der Waals surface area (Å²) in [5.41, 5.74) is 0. The fourth-order valence-corrected chi connectivity index (χ4v) is 1.54. The van der Waals surface area contributed by atoms with Crippen LogP contribution >= 0.6 is 12.4 Å². The Morgan fingerprint density at radius 3 is 2.62 bits per heavy atom. The van der Waals surface area contributed by atoms with Crippen molar-refractivity contribution in [3.05, 3.63) is 0 Å². The molecule has 0 radical (unpaired) electrons. The quantitative estimate of drug-likeness (QED) is 0.716. The van der Waals surface area contributed by atoms with E-state index in [4.69, 9.17) is 0 Å². The molecule has 0 aromatic heterocycles. The van der Waals surface area contributed by atoms with Crippen LogP contribution in [0.1, 0.15) is 12.8 Å². The van der Waals surface area contributed by atoms with Crippen molar-refractivity contribution in [3.63, 3.8) is 0 Å². The van der Waals surface area contributed by atoms with Crippen molar-refractivity contribution in [2.24, 2.45) is 5.92 Å². The predicted molar refractivity (Wildman–Crippen MR) is 64.5 cm³/mol. The van der Waals surface area contributed by atoms with Gasteiger partial charge in [0.2, 0.25) is 11.8 Å². The number of likely N-dealkylation sites (N-methyl/N-ethyl adjacent to an activating group) is 1. The first-order valence-electron chi connectivity index (χ1n) is 5.30. The molecule has 1 fully saturated rings. The summed E-state index contributed by atoms with van der Waals surface area (Å²) in [6.45, 7) is 1.81. The molecule has 1 atom stereocenters. The Morgan fingerprint density at radius 2 is 2.12 bits per heavy atom. The highest BCUT2D eigenvalue weighted by atomic mass is 35.5. The van der Waals surface area contributed by atoms with Crippen LogP contribution in [0.15, 0.2) is 0 Å². The SMILES string of the molecule is CN(C)C(=O)CNC(=O)[C@@H]1CCCNC1.Cl. The Labute approximate surface area is 102 Å². The molecule has 2 N–H and O–H groups in total. The van der Waals surface area contributed by atoms with E-state index >= 15 is 0 Å². The zero-order valence-corrected chi connectivity index (χ0v) is 10.6. The third kappa shape index (κ3) is 4.81. The van der Waals surface area contributed by atoms with Crippen LogP contribution in [0.2, 0.25) is 0 Å². The maximum absolute atomic E-state index is 11.6. The van der Waals surface area contributed by atoms with E-state index in [0.717, 1.165) is 25.9 Å². The number of nitrogens with zero attached hydrogens (tertiary/aromatic N) is 1. The molecule has 1 aliphatic rings. The van der Waals surface area contributed by atoms with Crippen molar-refractivity contribution in [1.82, 2.24) is 15.5 Å². The summed E-state index contributed by atoms with van der Waals surface area (Å²) in [7, 11) is 3.35. The van der Waals surface area contributed by atoms with E-state index in [0.29, 0.717) is 0 Å². The summed E-state index contributed by atoms with van der Waals surface area (Å²) in [4.78, 5) is 24.3. The summed E-state index contributed by atoms with van der Waals surface area (Å²) < 4.78 is 0. The molecule has 0 aromatic carbocycles. The van der Waals surface area contributed by atoms with Gasteiger partial charge in [-0.15, -0.1) is 12.4 Å². The molecule has 6 heteroatoms. The van der Waals surface area contributed by atoms with Gasteiger partial charge in [0.15, 0.2) is 0 Å². The van der Waals surface area contributed by atoms with Crippen molar-refractivity contribution >= 4 is 24.2 Å². The number of rotatable bonds is 3. The van der Waals surface area contributed by atoms with Crippen molar-refractivity contribution in [3.8, 4) is 0 Å². The molecule has 0 aliphatic carbocycles. The summed E-state index contributed by atoms with van der Waals surface area (Å²) in [6, 6.07) is 0. The molecule has 0 aromatic rings. The Balaban J connectivity index is 0.00000225. The lowest BCUT2D eigenvalue weighted by molar-refractivity contribution is -0.132. The fraction of sp³-hybridized carbons (Fsp3) is 0.800. The Hall–Kier alpha value is -0.810. The highest BCUT2D eigenvalue weighted by Crippen LogP contribution is 2.09. The number of carbonyl (C=O) groups is 2. The molecule has 2 amide bonds. The average molecular weight is 250 g/mol. The molecular weight excluding hydrogens is 230 g/mol. The van der Waals surface area contributed by atoms with Crippen LogP contribution in [0.5, 0.6) is 0 Å². The molecule has 0 unspecified atom stereocenters. The molecular formula is C10H20ClN3O2. The lowest BCUT2D eigenvalue weighted by atomic mass is 9.99. The lowest BCUT2D eigenvalue weighted by Gasteiger charge is -2.22. The van der Waals surface area contributed by atoms with Gasteiger partial charge in [-0.25, -0.2) is 0 Å². The number of hydrogen-bond acceptors (Lipinski definition) is 3. The first kappa shape index (κ1) is 15.2. The normalized spacial score (nSPS) is 19.5. The first-order valence-corrected chi connectivity index (χ1v) is 5.30. The number of halogens is 1. The minimum Gasteiger partial charge on any atom is -0.347 e. The van der Waals surface area contributed by atoms with Crippen molar-refractivity contribution in [2.45, 2.75) is 12.8 Å². The van der Waals surface area contributed by atoms with Gasteiger partial charge in [0.05, 0.1) is 12.5 Å². The summed E-state index contributed by atoms with van der Waals surface area (Å²) >= 11 is 0. The second-order valence-electron chi connectivity index (χ2n) is 4.05. The van der Waals surface area contributed by atoms with Crippen LogP contribution < -0.4 is 10.6 Å². The lowest BCUT2D eigenvalue weighted by Crippen LogP contribution is -2.43. The number of amides is 2. The van der Waals surface area contributed by atoms with Crippen LogP contribution in [0.25, 0.3) is 0 Å². The van der Waals surface area contributed by atoms with E-state index in [1.165, 1.54) is 4.90 Å². The second-order valence-corrected chi connectivity index (χ2v) is 4.05. The topological polar surface area (TPSA) is 61.4 Å². The van der Waals surface area contributed by atoms with Crippen LogP contribution in [-0.4, -0.2) is 50.4 Å². The smallest absolute Gasteiger partial charge is 0.241 e. The summed E-state index contributed by atoms with van der Waals surface area (Å²) in [5, 5.41) is 5.83. The molecule has 16 heavy (non-hydrogen) atoms. The molecule has 1 rings (SSSR count). The Morgan fingerprint density at radius 1 is 1.44 bits per heavy atom. The number of piperidine rings is 1. The summed E-state index contributed by atoms with van der Waals surface area (Å²) in [5.74, 6) is -0.0711. The van der Waals surface area contributed by atoms with Gasteiger partial charge in [0, 0.05) is 20.6 Å². The predicted octanol–water partition coefficient (Wildman–Crippen LogP) is -0.388. The van der Waals surface area contributed by atoms with E-state index in [1.54, 1.807) is 14.1 Å². The second kappa shape index (κ2) is 7.46. The van der Waals surface area contributed by atoms with Gasteiger partial charge in [0.25, 0.3) is 0 Å². The van der Waals surface area contributed by atoms with E-state index in [1.807, 2.05) is 0 Å². The van der Waals surface area contributed by atoms with Crippen molar-refractivity contribution < 1.29 is 9.59 Å². The monoisotopic (exact) mass is 249 g/mol. The standard InChI is InChI=1S/C10H19N3O2.ClH/c1-13(2)9(14)7-12-10(15)8-4-3-5-11-6-8;/h8,11H,3-7H2,1-2H3,(H,12,15);1H/t8-;/m1./s1. The van der Waals surface area contributed by atoms with Crippen molar-refractivity contribution in [2.75, 3.05) is 33.7 Å². The third-order valence-electron chi connectivity index (χ3n) is 2.58. The minimum absolute atomic E-state index is 0. The van der Waals surface area contributed by atoms with E-state index < -0.39 is 0 Å². The number of nitrogens with one attached hydrogen (secondary N) is 2. The van der Waals surface area contributed by atoms with E-state index in [9.17, 15) is 9.59 Å². The highest BCUT2D eigenvalue weighted by molar-refractivity contribution is 5.86. The van der Waals surface area contributed by atoms with Crippen molar-refractivity contribution in [1.29, 1.82) is 0 Å². The van der Waals surface area contributed by atoms with Gasteiger partial charge in [-0.05, 0) is 19.4 Å². The van der Waals surface area contributed by atoms with Gasteiger partial charge in [-0.1, -0.05) is 0 Å². The molecule has 1 saturated heterocycles. The molecule has 5 nitrogen and oxygen atoms in total. The minimum atomic E-state index is -0.0767. The van der Waals surface area contributed by atoms with Gasteiger partial charge >= 0.3 is 0 Å². The number of carbonyl (C=O) groups excluding carboxylic acids is 2. The van der Waals surface area contributed by atoms with Gasteiger partial charge < -0.3 is 15.5 Å². The van der Waals surface area contributed by atoms with E-state index in [2.05, 4.69) is 10.6 Å². The third-order valence-corrected chi connectivity index (χ3v) is 2.58. The van der Waals surface area contributed by atoms with Gasteiger partial charge in [-0.3, -0.25) is 9.59 Å². The van der Waals surface area contributed by atoms with Crippen LogP contribution in [0.4, 0.5) is 0 Å². The number of hydrogen-bond donors (Lipinski definition) is 2.